The molecular weight excluding hydrogens is 406 g/mol. The second-order valence-corrected chi connectivity index (χ2v) is 9.94. The number of hydrazone groups is 1. The summed E-state index contributed by atoms with van der Waals surface area (Å²) in [5, 5.41) is 4.31. The van der Waals surface area contributed by atoms with Crippen LogP contribution in [0.4, 0.5) is 0 Å². The van der Waals surface area contributed by atoms with E-state index in [0.29, 0.717) is 4.32 Å². The van der Waals surface area contributed by atoms with Gasteiger partial charge >= 0.3 is 0 Å². The molecule has 1 aromatic rings. The summed E-state index contributed by atoms with van der Waals surface area (Å²) in [6.45, 7) is 7.93. The summed E-state index contributed by atoms with van der Waals surface area (Å²) in [7, 11) is 1.62. The summed E-state index contributed by atoms with van der Waals surface area (Å²) < 4.78 is 5.57. The second-order valence-electron chi connectivity index (χ2n) is 8.31. The van der Waals surface area contributed by atoms with Crippen molar-refractivity contribution in [2.24, 2.45) is 21.8 Å². The van der Waals surface area contributed by atoms with E-state index in [2.05, 4.69) is 10.5 Å². The molecule has 1 aliphatic heterocycles. The maximum Gasteiger partial charge on any atom is 0.236 e. The molecule has 1 aliphatic carbocycles. The van der Waals surface area contributed by atoms with Crippen LogP contribution in [0.2, 0.25) is 0 Å². The number of imide groups is 1. The van der Waals surface area contributed by atoms with Gasteiger partial charge in [0.05, 0.1) is 24.1 Å². The average Bonchev–Trinajstić information content (AvgIpc) is 2.89. The third-order valence-electron chi connectivity index (χ3n) is 6.66. The molecule has 2 amide bonds. The fourth-order valence-corrected chi connectivity index (χ4v) is 5.01. The van der Waals surface area contributed by atoms with E-state index < -0.39 is 5.41 Å². The molecule has 6 nitrogen and oxygen atoms in total. The minimum atomic E-state index is -0.496. The highest BCUT2D eigenvalue weighted by molar-refractivity contribution is 8.22. The SMILES string of the molecule is COc1ccc(/C(C)=N/NC(=S)SCN2C(=O)C3CCC(C)(C2=O)C3(C)C)cc1. The summed E-state index contributed by atoms with van der Waals surface area (Å²) in [4.78, 5) is 27.3. The molecule has 156 valence electrons. The van der Waals surface area contributed by atoms with E-state index in [1.165, 1.54) is 16.7 Å². The summed E-state index contributed by atoms with van der Waals surface area (Å²) in [6, 6.07) is 7.56. The number of fused-ring (bicyclic) bond motifs is 2. The lowest BCUT2D eigenvalue weighted by atomic mass is 9.62. The number of likely N-dealkylation sites (tertiary alicyclic amines) is 1. The highest BCUT2D eigenvalue weighted by Crippen LogP contribution is 2.60. The number of amides is 2. The van der Waals surface area contributed by atoms with Gasteiger partial charge in [0, 0.05) is 5.92 Å². The van der Waals surface area contributed by atoms with Gasteiger partial charge < -0.3 is 4.74 Å². The topological polar surface area (TPSA) is 71.0 Å². The van der Waals surface area contributed by atoms with Crippen LogP contribution in [0, 0.1) is 16.7 Å². The largest absolute Gasteiger partial charge is 0.497 e. The van der Waals surface area contributed by atoms with Crippen molar-refractivity contribution in [3.8, 4) is 5.75 Å². The highest BCUT2D eigenvalue weighted by Gasteiger charge is 2.64. The van der Waals surface area contributed by atoms with Gasteiger partial charge in [0.1, 0.15) is 5.75 Å². The van der Waals surface area contributed by atoms with Crippen LogP contribution in [0.15, 0.2) is 29.4 Å². The molecule has 1 aromatic carbocycles. The number of carbonyl (C=O) groups excluding carboxylic acids is 2. The molecule has 1 N–H and O–H groups in total. The number of thiocarbonyl (C=S) groups is 1. The van der Waals surface area contributed by atoms with E-state index in [4.69, 9.17) is 17.0 Å². The minimum absolute atomic E-state index is 0.0804. The van der Waals surface area contributed by atoms with Gasteiger partial charge in [-0.15, -0.1) is 0 Å². The van der Waals surface area contributed by atoms with Crippen LogP contribution in [-0.4, -0.2) is 39.7 Å². The Bertz CT molecular complexity index is 866. The predicted molar refractivity (Wildman–Crippen MR) is 120 cm³/mol. The maximum atomic E-state index is 13.0. The summed E-state index contributed by atoms with van der Waals surface area (Å²) in [5.74, 6) is 0.714. The zero-order valence-corrected chi connectivity index (χ0v) is 19.1. The number of hydrogen-bond acceptors (Lipinski definition) is 6. The van der Waals surface area contributed by atoms with Crippen LogP contribution < -0.4 is 10.2 Å². The molecule has 8 heteroatoms. The van der Waals surface area contributed by atoms with Crippen LogP contribution in [0.1, 0.15) is 46.1 Å². The Hall–Kier alpha value is -1.93. The van der Waals surface area contributed by atoms with Crippen molar-refractivity contribution >= 4 is 45.8 Å². The first kappa shape index (κ1) is 21.8. The Balaban J connectivity index is 1.59. The summed E-state index contributed by atoms with van der Waals surface area (Å²) >= 11 is 6.57. The van der Waals surface area contributed by atoms with Crippen molar-refractivity contribution in [3.05, 3.63) is 29.8 Å². The number of methoxy groups -OCH3 is 1. The smallest absolute Gasteiger partial charge is 0.236 e. The molecule has 1 saturated heterocycles. The number of thioether (sulfide) groups is 1. The number of ether oxygens (including phenoxy) is 1. The van der Waals surface area contributed by atoms with E-state index in [-0.39, 0.29) is 29.0 Å². The van der Waals surface area contributed by atoms with Crippen LogP contribution in [0.25, 0.3) is 0 Å². The van der Waals surface area contributed by atoms with Crippen LogP contribution in [0.5, 0.6) is 5.75 Å². The molecule has 2 aliphatic rings. The Morgan fingerprint density at radius 1 is 1.31 bits per heavy atom. The van der Waals surface area contributed by atoms with Crippen molar-refractivity contribution < 1.29 is 14.3 Å². The lowest BCUT2D eigenvalue weighted by Gasteiger charge is -2.47. The summed E-state index contributed by atoms with van der Waals surface area (Å²) in [6.07, 6.45) is 1.52. The van der Waals surface area contributed by atoms with Crippen molar-refractivity contribution in [2.45, 2.75) is 40.5 Å². The molecule has 1 saturated carbocycles. The molecular formula is C21H27N3O3S2. The van der Waals surface area contributed by atoms with Crippen molar-refractivity contribution in [1.29, 1.82) is 0 Å². The quantitative estimate of drug-likeness (QED) is 0.330. The standard InChI is InChI=1S/C21H27N3O3S2/c1-13(14-6-8-15(27-5)9-7-14)22-23-19(28)29-12-24-17(25)16-10-11-21(4,18(24)26)20(16,2)3/h6-9,16H,10-12H2,1-5H3,(H,23,28)/b22-13+. The molecule has 2 atom stereocenters. The van der Waals surface area contributed by atoms with Crippen LogP contribution >= 0.6 is 24.0 Å². The second kappa shape index (κ2) is 8.07. The minimum Gasteiger partial charge on any atom is -0.497 e. The zero-order chi connectivity index (χ0) is 21.4. The first-order valence-electron chi connectivity index (χ1n) is 9.59. The number of nitrogens with zero attached hydrogens (tertiary/aromatic N) is 2. The van der Waals surface area contributed by atoms with Gasteiger partial charge in [-0.2, -0.15) is 5.10 Å². The van der Waals surface area contributed by atoms with Gasteiger partial charge in [-0.1, -0.05) is 44.8 Å². The zero-order valence-electron chi connectivity index (χ0n) is 17.4. The van der Waals surface area contributed by atoms with Crippen LogP contribution in [0.3, 0.4) is 0 Å². The fraction of sp³-hybridized carbons (Fsp3) is 0.524. The molecule has 1 heterocycles. The van der Waals surface area contributed by atoms with Crippen LogP contribution in [-0.2, 0) is 9.59 Å². The van der Waals surface area contributed by atoms with E-state index in [0.717, 1.165) is 29.9 Å². The monoisotopic (exact) mass is 433 g/mol. The van der Waals surface area contributed by atoms with Gasteiger partial charge in [0.15, 0.2) is 4.32 Å². The molecule has 0 aromatic heterocycles. The van der Waals surface area contributed by atoms with E-state index in [1.54, 1.807) is 7.11 Å². The third kappa shape index (κ3) is 3.80. The average molecular weight is 434 g/mol. The van der Waals surface area contributed by atoms with Crippen molar-refractivity contribution in [3.63, 3.8) is 0 Å². The van der Waals surface area contributed by atoms with Gasteiger partial charge in [0.25, 0.3) is 0 Å². The molecule has 2 unspecified atom stereocenters. The maximum absolute atomic E-state index is 13.0. The van der Waals surface area contributed by atoms with Crippen molar-refractivity contribution in [1.82, 2.24) is 10.3 Å². The Morgan fingerprint density at radius 2 is 1.97 bits per heavy atom. The molecule has 0 spiro atoms. The van der Waals surface area contributed by atoms with Gasteiger partial charge in [0.2, 0.25) is 11.8 Å². The molecule has 2 fully saturated rings. The third-order valence-corrected chi connectivity index (χ3v) is 7.84. The molecule has 2 bridgehead atoms. The highest BCUT2D eigenvalue weighted by atomic mass is 32.2. The predicted octanol–water partition coefficient (Wildman–Crippen LogP) is 3.80. The Kier molecular flexibility index (Phi) is 6.06. The van der Waals surface area contributed by atoms with E-state index >= 15 is 0 Å². The first-order valence-corrected chi connectivity index (χ1v) is 11.0. The number of piperidine rings is 1. The van der Waals surface area contributed by atoms with Gasteiger partial charge in [-0.05, 0) is 55.0 Å². The number of nitrogens with one attached hydrogen (secondary N) is 1. The first-order chi connectivity index (χ1) is 13.6. The fourth-order valence-electron chi connectivity index (χ4n) is 4.21. The van der Waals surface area contributed by atoms with Gasteiger partial charge in [-0.3, -0.25) is 19.9 Å². The summed E-state index contributed by atoms with van der Waals surface area (Å²) in [5.41, 5.74) is 3.76. The normalized spacial score (nSPS) is 25.9. The molecule has 29 heavy (non-hydrogen) atoms. The van der Waals surface area contributed by atoms with E-state index in [9.17, 15) is 9.59 Å². The molecule has 0 radical (unpaired) electrons. The van der Waals surface area contributed by atoms with Gasteiger partial charge in [-0.25, -0.2) is 0 Å². The number of carbonyl (C=O) groups is 2. The van der Waals surface area contributed by atoms with E-state index in [1.807, 2.05) is 52.0 Å². The Labute approximate surface area is 181 Å². The van der Waals surface area contributed by atoms with Crippen molar-refractivity contribution in [2.75, 3.05) is 13.0 Å². The number of hydrogen-bond donors (Lipinski definition) is 1. The Morgan fingerprint density at radius 3 is 2.59 bits per heavy atom. The molecule has 3 rings (SSSR count). The lowest BCUT2D eigenvalue weighted by Crippen LogP contribution is -2.58. The number of benzene rings is 1. The lowest BCUT2D eigenvalue weighted by molar-refractivity contribution is -0.166. The number of rotatable bonds is 5.